The smallest absolute Gasteiger partial charge is 0.307 e. The molecule has 2 aliphatic heterocycles. The van der Waals surface area contributed by atoms with E-state index in [1.54, 1.807) is 12.5 Å². The van der Waals surface area contributed by atoms with Crippen LogP contribution in [0.25, 0.3) is 0 Å². The summed E-state index contributed by atoms with van der Waals surface area (Å²) in [6, 6.07) is 40.1. The van der Waals surface area contributed by atoms with Crippen molar-refractivity contribution < 1.29 is 52.3 Å². The molecule has 2 N–H and O–H groups in total. The van der Waals surface area contributed by atoms with Gasteiger partial charge in [-0.1, -0.05) is 292 Å². The van der Waals surface area contributed by atoms with Crippen molar-refractivity contribution in [3.8, 4) is 0 Å². The van der Waals surface area contributed by atoms with Crippen molar-refractivity contribution in [3.05, 3.63) is 181 Å². The molecule has 2 aliphatic rings. The normalized spacial score (nSPS) is 21.5. The van der Waals surface area contributed by atoms with Crippen molar-refractivity contribution in [1.29, 1.82) is 0 Å². The van der Waals surface area contributed by atoms with Gasteiger partial charge >= 0.3 is 5.97 Å². The van der Waals surface area contributed by atoms with Crippen molar-refractivity contribution in [2.75, 3.05) is 26.4 Å². The molecule has 2 saturated heterocycles. The average molecular weight is 1360 g/mol. The Morgan fingerprint density at radius 1 is 0.521 bits per heavy atom. The van der Waals surface area contributed by atoms with Gasteiger partial charge in [-0.3, -0.25) is 14.8 Å². The summed E-state index contributed by atoms with van der Waals surface area (Å²) < 4.78 is 52.4. The molecule has 0 amide bonds. The minimum atomic E-state index is -2.09. The molecule has 0 unspecified atom stereocenters. The molecule has 4 aromatic rings. The molecular formula is C81H126N2O11Si2. The largest absolute Gasteiger partial charge is 0.481 e. The van der Waals surface area contributed by atoms with Gasteiger partial charge in [0, 0.05) is 41.4 Å². The summed E-state index contributed by atoms with van der Waals surface area (Å²) in [7, 11) is -4.06. The Bertz CT molecular complexity index is 2570. The van der Waals surface area contributed by atoms with Crippen LogP contribution < -0.4 is 0 Å². The van der Waals surface area contributed by atoms with Crippen LogP contribution in [0.15, 0.2) is 169 Å². The maximum absolute atomic E-state index is 11.9. The van der Waals surface area contributed by atoms with E-state index in [0.717, 1.165) is 52.9 Å². The number of carboxylic acids is 1. The number of ether oxygens (including phenoxy) is 6. The fourth-order valence-electron chi connectivity index (χ4n) is 10.9. The van der Waals surface area contributed by atoms with Crippen LogP contribution in [0.4, 0.5) is 0 Å². The Morgan fingerprint density at radius 2 is 0.844 bits per heavy atom. The molecular weight excluding hydrogens is 1230 g/mol. The van der Waals surface area contributed by atoms with Crippen LogP contribution in [0.3, 0.4) is 0 Å². The Kier molecular flexibility index (Phi) is 38.6. The van der Waals surface area contributed by atoms with E-state index in [-0.39, 0.29) is 47.3 Å². The maximum atomic E-state index is 11.9. The van der Waals surface area contributed by atoms with Crippen molar-refractivity contribution >= 4 is 34.0 Å². The zero-order chi connectivity index (χ0) is 70.4. The Hall–Kier alpha value is -5.34. The molecule has 0 radical (unpaired) electrons. The molecule has 0 saturated carbocycles. The van der Waals surface area contributed by atoms with Crippen molar-refractivity contribution in [1.82, 2.24) is 0 Å². The lowest BCUT2D eigenvalue weighted by atomic mass is 9.88. The standard InChI is InChI=1S/C39H61NO4Si.C38H59NO5Si.C4H6O2/c1-9-11-12-13-14-15-16-23-29-41-37-31(3)34(30-43-45(7,8)39(4,5)6)44-38(42-28-10-2)36(37)40-35(32-24-19-17-20-25-32)33-26-21-18-22-27-33;1-8-10-11-12-13-14-15-22-28-41-36-34(39-33(30-23-18-16-19-24-30)31-25-20-17-21-26-31)37(42-27-9-2)44-32(35(36)40)29-43-45(6,7)38(3,4)5;1-2-3-4(5)6/h10,17-22,24-28,31,34,36-38H,9,11-16,23,29-30H2,1-8H3;9,16-21,23-27,32,34-37,40H,8,10-15,22,28-29H2,1-7H3;2H,1,3H2,(H,5,6)/b28-10-;27-9-;/t31-,34-,36-,37+,38+;32-,34-,35-,36-,37+;/m11./s1. The molecule has 4 aromatic carbocycles. The lowest BCUT2D eigenvalue weighted by Gasteiger charge is -2.45. The number of hydrogen-bond acceptors (Lipinski definition) is 12. The first-order valence-corrected chi connectivity index (χ1v) is 42.0. The molecule has 2 fully saturated rings. The summed E-state index contributed by atoms with van der Waals surface area (Å²) in [5.41, 5.74) is 5.81. The summed E-state index contributed by atoms with van der Waals surface area (Å²) in [6.07, 6.45) is 24.4. The summed E-state index contributed by atoms with van der Waals surface area (Å²) in [4.78, 5) is 20.3. The van der Waals surface area contributed by atoms with Gasteiger partial charge in [-0.05, 0) is 63.0 Å². The lowest BCUT2D eigenvalue weighted by molar-refractivity contribution is -0.257. The number of allylic oxidation sites excluding steroid dienone is 2. The van der Waals surface area contributed by atoms with E-state index in [0.29, 0.717) is 19.8 Å². The first-order chi connectivity index (χ1) is 45.9. The number of aliphatic carboxylic acids is 1. The average Bonchev–Trinajstić information content (AvgIpc) is 0.796. The van der Waals surface area contributed by atoms with Gasteiger partial charge in [0.15, 0.2) is 16.6 Å². The predicted molar refractivity (Wildman–Crippen MR) is 402 cm³/mol. The van der Waals surface area contributed by atoms with Crippen LogP contribution in [0.5, 0.6) is 0 Å². The van der Waals surface area contributed by atoms with Crippen molar-refractivity contribution in [2.24, 2.45) is 15.9 Å². The fourth-order valence-corrected chi connectivity index (χ4v) is 12.9. The SMILES string of the molecule is C/C=C\O[C@H]1O[C@H](CO[Si](C)(C)C(C)(C)C)[C@@H](C)[C@H](OCCCCCCCCCC)[C@H]1N=C(c1ccccc1)c1ccccc1.C/C=C\O[C@H]1O[C@H](CO[Si](C)(C)C(C)(C)C)[C@@H](O)[C@H](OCCCCCCCCCC)[C@H]1N=C(c1ccccc1)c1ccccc1.C=CCC(=O)O. The number of aliphatic hydroxyl groups excluding tert-OH is 1. The molecule has 96 heavy (non-hydrogen) atoms. The van der Waals surface area contributed by atoms with Crippen molar-refractivity contribution in [2.45, 2.75) is 277 Å². The van der Waals surface area contributed by atoms with E-state index in [1.165, 1.54) is 89.5 Å². The second-order valence-corrected chi connectivity index (χ2v) is 38.3. The van der Waals surface area contributed by atoms with E-state index in [2.05, 4.69) is 168 Å². The summed E-state index contributed by atoms with van der Waals surface area (Å²) in [6.45, 7) is 38.4. The second kappa shape index (κ2) is 44.6. The predicted octanol–water partition coefficient (Wildman–Crippen LogP) is 20.1. The van der Waals surface area contributed by atoms with E-state index >= 15 is 0 Å². The lowest BCUT2D eigenvalue weighted by Crippen LogP contribution is -2.60. The molecule has 6 rings (SSSR count). The third-order valence-electron chi connectivity index (χ3n) is 18.9. The monoisotopic (exact) mass is 1360 g/mol. The molecule has 534 valence electrons. The molecule has 0 spiro atoms. The number of aliphatic hydroxyl groups is 1. The summed E-state index contributed by atoms with van der Waals surface area (Å²) >= 11 is 0. The molecule has 0 bridgehead atoms. The van der Waals surface area contributed by atoms with Crippen LogP contribution in [0.2, 0.25) is 36.3 Å². The molecule has 2 heterocycles. The van der Waals surface area contributed by atoms with Gasteiger partial charge in [0.2, 0.25) is 12.6 Å². The highest BCUT2D eigenvalue weighted by molar-refractivity contribution is 6.74. The van der Waals surface area contributed by atoms with E-state index < -0.39 is 59.5 Å². The molecule has 0 aromatic heterocycles. The van der Waals surface area contributed by atoms with Crippen molar-refractivity contribution in [3.63, 3.8) is 0 Å². The molecule has 15 heteroatoms. The highest BCUT2D eigenvalue weighted by atomic mass is 28.4. The highest BCUT2D eigenvalue weighted by Crippen LogP contribution is 2.40. The van der Waals surface area contributed by atoms with Gasteiger partial charge in [-0.2, -0.15) is 0 Å². The van der Waals surface area contributed by atoms with Crippen LogP contribution >= 0.6 is 0 Å². The van der Waals surface area contributed by atoms with Crippen LogP contribution in [-0.4, -0.2) is 126 Å². The third kappa shape index (κ3) is 28.9. The van der Waals surface area contributed by atoms with Gasteiger partial charge in [-0.25, -0.2) is 0 Å². The minimum absolute atomic E-state index is 0.0347. The Morgan fingerprint density at radius 3 is 1.17 bits per heavy atom. The van der Waals surface area contributed by atoms with Crippen LogP contribution in [0.1, 0.15) is 208 Å². The minimum Gasteiger partial charge on any atom is -0.481 e. The number of aliphatic imine (C=N–C) groups is 2. The Balaban J connectivity index is 0.000000376. The zero-order valence-corrected chi connectivity index (χ0v) is 63.7. The van der Waals surface area contributed by atoms with Gasteiger partial charge in [0.05, 0.1) is 55.8 Å². The second-order valence-electron chi connectivity index (χ2n) is 28.7. The van der Waals surface area contributed by atoms with Gasteiger partial charge in [0.25, 0.3) is 0 Å². The number of benzene rings is 4. The zero-order valence-electron chi connectivity index (χ0n) is 61.7. The topological polar surface area (TPSA) is 156 Å². The van der Waals surface area contributed by atoms with E-state index in [1.807, 2.05) is 74.5 Å². The van der Waals surface area contributed by atoms with Gasteiger partial charge < -0.3 is 47.5 Å². The van der Waals surface area contributed by atoms with Crippen LogP contribution in [0, 0.1) is 5.92 Å². The van der Waals surface area contributed by atoms with E-state index in [9.17, 15) is 9.90 Å². The number of nitrogens with zero attached hydrogens (tertiary/aromatic N) is 2. The maximum Gasteiger partial charge on any atom is 0.307 e. The fraction of sp³-hybridized carbons (Fsp3) is 0.593. The molecule has 13 nitrogen and oxygen atoms in total. The summed E-state index contributed by atoms with van der Waals surface area (Å²) in [5.74, 6) is -0.763. The molecule has 0 aliphatic carbocycles. The van der Waals surface area contributed by atoms with Gasteiger partial charge in [0.1, 0.15) is 30.4 Å². The number of carbonyl (C=O) groups is 1. The van der Waals surface area contributed by atoms with Gasteiger partial charge in [-0.15, -0.1) is 6.58 Å². The Labute approximate surface area is 583 Å². The highest BCUT2D eigenvalue weighted by Gasteiger charge is 2.50. The number of unbranched alkanes of at least 4 members (excludes halogenated alkanes) is 14. The first kappa shape index (κ1) is 83.1. The van der Waals surface area contributed by atoms with E-state index in [4.69, 9.17) is 52.4 Å². The third-order valence-corrected chi connectivity index (χ3v) is 27.9. The number of carboxylic acid groups (broad SMARTS) is 1. The summed E-state index contributed by atoms with van der Waals surface area (Å²) in [5, 5.41) is 19.9. The van der Waals surface area contributed by atoms with Crippen LogP contribution in [-0.2, 0) is 42.1 Å². The number of hydrogen-bond donors (Lipinski definition) is 2. The molecule has 10 atom stereocenters. The quantitative estimate of drug-likeness (QED) is 0.0145. The first-order valence-electron chi connectivity index (χ1n) is 36.2. The number of rotatable bonds is 38.